The number of benzene rings is 5. The van der Waals surface area contributed by atoms with Crippen molar-refractivity contribution in [1.82, 2.24) is 4.98 Å². The number of fused-ring (bicyclic) bond motifs is 5. The normalized spacial score (nSPS) is 11.4. The van der Waals surface area contributed by atoms with E-state index in [1.54, 1.807) is 18.2 Å². The highest BCUT2D eigenvalue weighted by Crippen LogP contribution is 2.39. The number of aromatic hydroxyl groups is 1. The molecule has 0 fully saturated rings. The maximum Gasteiger partial charge on any atom is 0.259 e. The first-order valence-corrected chi connectivity index (χ1v) is 12.9. The minimum atomic E-state index is -0.424. The molecule has 0 aliphatic rings. The number of phenols is 1. The van der Waals surface area contributed by atoms with Gasteiger partial charge in [-0.2, -0.15) is 0 Å². The zero-order valence-corrected chi connectivity index (χ0v) is 22.1. The van der Waals surface area contributed by atoms with Crippen molar-refractivity contribution < 1.29 is 9.90 Å². The van der Waals surface area contributed by atoms with Crippen molar-refractivity contribution in [1.29, 1.82) is 0 Å². The second kappa shape index (κ2) is 9.28. The molecule has 1 amide bonds. The monoisotopic (exact) mass is 539 g/mol. The molecule has 0 saturated heterocycles. The van der Waals surface area contributed by atoms with Crippen LogP contribution in [0.1, 0.15) is 21.5 Å². The van der Waals surface area contributed by atoms with Crippen LogP contribution in [-0.4, -0.2) is 16.0 Å². The first-order chi connectivity index (χ1) is 18.3. The van der Waals surface area contributed by atoms with Crippen LogP contribution in [0.15, 0.2) is 78.9 Å². The third kappa shape index (κ3) is 4.10. The summed E-state index contributed by atoms with van der Waals surface area (Å²) in [5, 5.41) is 22.1. The van der Waals surface area contributed by atoms with Crippen molar-refractivity contribution in [2.24, 2.45) is 0 Å². The molecule has 4 N–H and O–H groups in total. The van der Waals surface area contributed by atoms with E-state index in [1.165, 1.54) is 0 Å². The Hall–Kier alpha value is -4.19. The summed E-state index contributed by atoms with van der Waals surface area (Å²) < 4.78 is 0. The van der Waals surface area contributed by atoms with E-state index < -0.39 is 5.91 Å². The summed E-state index contributed by atoms with van der Waals surface area (Å²) in [5.74, 6) is -0.491. The number of hydrogen-bond donors (Lipinski definition) is 4. The van der Waals surface area contributed by atoms with Gasteiger partial charge in [-0.15, -0.1) is 0 Å². The topological polar surface area (TPSA) is 77.1 Å². The van der Waals surface area contributed by atoms with Crippen LogP contribution in [0.4, 0.5) is 17.1 Å². The number of halogens is 2. The minimum Gasteiger partial charge on any atom is -0.507 e. The molecule has 0 aliphatic heterocycles. The Kier molecular flexibility index (Phi) is 5.90. The summed E-state index contributed by atoms with van der Waals surface area (Å²) in [6.07, 6.45) is 0. The van der Waals surface area contributed by atoms with Gasteiger partial charge in [-0.05, 0) is 73.3 Å². The SMILES string of the molecule is Cc1ccccc1Nc1ccc(NC(=O)c2cc3ccc4c5cc(Cl)ccc5[nH]c4c3c(C)c2O)cc1Cl. The predicted molar refractivity (Wildman–Crippen MR) is 159 cm³/mol. The van der Waals surface area contributed by atoms with Gasteiger partial charge in [0.1, 0.15) is 5.75 Å². The molecule has 6 rings (SSSR count). The number of carbonyl (C=O) groups excluding carboxylic acids is 1. The number of phenolic OH excluding ortho intramolecular Hbond substituents is 1. The number of nitrogens with one attached hydrogen (secondary N) is 3. The molecule has 1 aromatic heterocycles. The van der Waals surface area contributed by atoms with E-state index in [2.05, 4.69) is 15.6 Å². The first kappa shape index (κ1) is 24.2. The molecule has 7 heteroatoms. The van der Waals surface area contributed by atoms with Crippen molar-refractivity contribution >= 4 is 78.7 Å². The number of aromatic nitrogens is 1. The molecule has 1 heterocycles. The molecule has 0 saturated carbocycles. The van der Waals surface area contributed by atoms with Crippen molar-refractivity contribution in [3.8, 4) is 5.75 Å². The highest BCUT2D eigenvalue weighted by atomic mass is 35.5. The predicted octanol–water partition coefficient (Wildman–Crippen LogP) is 9.10. The number of carbonyl (C=O) groups is 1. The Balaban J connectivity index is 1.33. The van der Waals surface area contributed by atoms with Gasteiger partial charge in [-0.25, -0.2) is 0 Å². The van der Waals surface area contributed by atoms with E-state index in [0.717, 1.165) is 49.5 Å². The number of hydrogen-bond acceptors (Lipinski definition) is 3. The lowest BCUT2D eigenvalue weighted by Gasteiger charge is -2.14. The molecular formula is C31H23Cl2N3O2. The lowest BCUT2D eigenvalue weighted by atomic mass is 9.97. The maximum atomic E-state index is 13.3. The second-order valence-electron chi connectivity index (χ2n) is 9.39. The Labute approximate surface area is 229 Å². The van der Waals surface area contributed by atoms with Crippen LogP contribution in [0.25, 0.3) is 32.6 Å². The van der Waals surface area contributed by atoms with Gasteiger partial charge < -0.3 is 20.7 Å². The molecule has 38 heavy (non-hydrogen) atoms. The summed E-state index contributed by atoms with van der Waals surface area (Å²) in [5.41, 5.74) is 5.95. The van der Waals surface area contributed by atoms with Crippen LogP contribution in [0, 0.1) is 13.8 Å². The Morgan fingerprint density at radius 3 is 2.47 bits per heavy atom. The molecule has 5 aromatic carbocycles. The molecule has 0 atom stereocenters. The summed E-state index contributed by atoms with van der Waals surface area (Å²) in [6.45, 7) is 3.83. The number of para-hydroxylation sites is 1. The first-order valence-electron chi connectivity index (χ1n) is 12.1. The number of aromatic amines is 1. The maximum absolute atomic E-state index is 13.3. The van der Waals surface area contributed by atoms with Crippen molar-refractivity contribution in [3.05, 3.63) is 106 Å². The van der Waals surface area contributed by atoms with Gasteiger partial charge >= 0.3 is 0 Å². The third-order valence-corrected chi connectivity index (χ3v) is 7.49. The van der Waals surface area contributed by atoms with E-state index in [9.17, 15) is 9.90 Å². The largest absolute Gasteiger partial charge is 0.507 e. The highest BCUT2D eigenvalue weighted by molar-refractivity contribution is 6.34. The zero-order chi connectivity index (χ0) is 26.6. The average molecular weight is 540 g/mol. The van der Waals surface area contributed by atoms with Crippen LogP contribution in [0.2, 0.25) is 10.0 Å². The summed E-state index contributed by atoms with van der Waals surface area (Å²) in [4.78, 5) is 16.7. The van der Waals surface area contributed by atoms with Crippen molar-refractivity contribution in [3.63, 3.8) is 0 Å². The average Bonchev–Trinajstić information content (AvgIpc) is 3.26. The van der Waals surface area contributed by atoms with Crippen LogP contribution < -0.4 is 10.6 Å². The van der Waals surface area contributed by atoms with Gasteiger partial charge in [0.05, 0.1) is 21.8 Å². The molecule has 0 unspecified atom stereocenters. The Morgan fingerprint density at radius 2 is 1.68 bits per heavy atom. The van der Waals surface area contributed by atoms with Gasteiger partial charge in [0.25, 0.3) is 5.91 Å². The minimum absolute atomic E-state index is 0.0666. The lowest BCUT2D eigenvalue weighted by Crippen LogP contribution is -2.12. The van der Waals surface area contributed by atoms with E-state index in [4.69, 9.17) is 23.2 Å². The van der Waals surface area contributed by atoms with Crippen LogP contribution >= 0.6 is 23.2 Å². The van der Waals surface area contributed by atoms with Gasteiger partial charge in [-0.1, -0.05) is 53.5 Å². The van der Waals surface area contributed by atoms with E-state index in [0.29, 0.717) is 21.3 Å². The zero-order valence-electron chi connectivity index (χ0n) is 20.6. The fraction of sp³-hybridized carbons (Fsp3) is 0.0645. The van der Waals surface area contributed by atoms with Crippen molar-refractivity contribution in [2.75, 3.05) is 10.6 Å². The standard InChI is InChI=1S/C31H23Cl2N3O2/c1-16-5-3-4-6-25(16)35-27-12-9-20(15-24(27)33)34-31(38)23-13-18-7-10-21-22-14-19(32)8-11-26(22)36-29(21)28(18)17(2)30(23)37/h3-15,35-37H,1-2H3,(H,34,38). The third-order valence-electron chi connectivity index (χ3n) is 6.94. The van der Waals surface area contributed by atoms with Gasteiger partial charge in [0, 0.05) is 43.6 Å². The van der Waals surface area contributed by atoms with Gasteiger partial charge in [0.15, 0.2) is 0 Å². The highest BCUT2D eigenvalue weighted by Gasteiger charge is 2.19. The van der Waals surface area contributed by atoms with Gasteiger partial charge in [-0.3, -0.25) is 4.79 Å². The fourth-order valence-electron chi connectivity index (χ4n) is 4.95. The van der Waals surface area contributed by atoms with Crippen LogP contribution in [-0.2, 0) is 0 Å². The Bertz CT molecular complexity index is 1910. The molecule has 5 nitrogen and oxygen atoms in total. The molecular weight excluding hydrogens is 517 g/mol. The number of anilines is 3. The van der Waals surface area contributed by atoms with Crippen LogP contribution in [0.5, 0.6) is 5.75 Å². The second-order valence-corrected chi connectivity index (χ2v) is 10.2. The van der Waals surface area contributed by atoms with Crippen LogP contribution in [0.3, 0.4) is 0 Å². The lowest BCUT2D eigenvalue weighted by molar-refractivity contribution is 0.102. The van der Waals surface area contributed by atoms with E-state index in [-0.39, 0.29) is 11.3 Å². The summed E-state index contributed by atoms with van der Waals surface area (Å²) >= 11 is 12.7. The van der Waals surface area contributed by atoms with Gasteiger partial charge in [0.2, 0.25) is 0 Å². The number of aryl methyl sites for hydroxylation is 2. The fourth-order valence-corrected chi connectivity index (χ4v) is 5.35. The molecule has 0 aliphatic carbocycles. The Morgan fingerprint density at radius 1 is 0.868 bits per heavy atom. The number of amides is 1. The van der Waals surface area contributed by atoms with E-state index in [1.807, 2.05) is 74.5 Å². The molecule has 0 radical (unpaired) electrons. The summed E-state index contributed by atoms with van der Waals surface area (Å²) in [7, 11) is 0. The quantitative estimate of drug-likeness (QED) is 0.180. The number of rotatable bonds is 4. The molecule has 0 spiro atoms. The summed E-state index contributed by atoms with van der Waals surface area (Å²) in [6, 6.07) is 24.6. The molecule has 188 valence electrons. The smallest absolute Gasteiger partial charge is 0.259 e. The van der Waals surface area contributed by atoms with Crippen molar-refractivity contribution in [2.45, 2.75) is 13.8 Å². The molecule has 6 aromatic rings. The molecule has 0 bridgehead atoms. The van der Waals surface area contributed by atoms with E-state index >= 15 is 0 Å². The number of H-pyrrole nitrogens is 1.